The highest BCUT2D eigenvalue weighted by Crippen LogP contribution is 2.19. The van der Waals surface area contributed by atoms with Crippen molar-refractivity contribution in [2.75, 3.05) is 34.5 Å². The van der Waals surface area contributed by atoms with Crippen LogP contribution in [0.5, 0.6) is 0 Å². The summed E-state index contributed by atoms with van der Waals surface area (Å²) in [5.41, 5.74) is 0.695. The first-order valence-electron chi connectivity index (χ1n) is 7.48. The second kappa shape index (κ2) is 10.6. The molecule has 24 heavy (non-hydrogen) atoms. The average molecular weight is 346 g/mol. The van der Waals surface area contributed by atoms with Crippen LogP contribution in [0.1, 0.15) is 17.5 Å². The van der Waals surface area contributed by atoms with Gasteiger partial charge in [0.25, 0.3) is 0 Å². The van der Waals surface area contributed by atoms with Crippen molar-refractivity contribution in [3.8, 4) is 0 Å². The molecule has 0 saturated carbocycles. The molecule has 0 aliphatic carbocycles. The molecule has 1 unspecified atom stereocenters. The number of methoxy groups -OCH3 is 3. The molecule has 4 N–H and O–H groups in total. The van der Waals surface area contributed by atoms with Crippen LogP contribution in [0.4, 0.5) is 0 Å². The third-order valence-corrected chi connectivity index (χ3v) is 3.66. The van der Waals surface area contributed by atoms with E-state index in [2.05, 4.69) is 9.97 Å². The minimum absolute atomic E-state index is 0.00678. The van der Waals surface area contributed by atoms with Gasteiger partial charge in [0, 0.05) is 33.9 Å². The highest BCUT2D eigenvalue weighted by Gasteiger charge is 2.29. The van der Waals surface area contributed by atoms with Crippen LogP contribution < -0.4 is 0 Å². The summed E-state index contributed by atoms with van der Waals surface area (Å²) in [5, 5.41) is 39.2. The molecule has 0 aromatic carbocycles. The summed E-state index contributed by atoms with van der Waals surface area (Å²) in [7, 11) is 4.19. The Labute approximate surface area is 140 Å². The normalized spacial score (nSPS) is 18.0. The Morgan fingerprint density at radius 2 is 1.71 bits per heavy atom. The summed E-state index contributed by atoms with van der Waals surface area (Å²) in [5.74, 6) is 0. The van der Waals surface area contributed by atoms with Gasteiger partial charge < -0.3 is 34.6 Å². The Balaban J connectivity index is 2.75. The zero-order valence-electron chi connectivity index (χ0n) is 14.1. The van der Waals surface area contributed by atoms with Crippen LogP contribution in [0, 0.1) is 0 Å². The van der Waals surface area contributed by atoms with Gasteiger partial charge >= 0.3 is 0 Å². The van der Waals surface area contributed by atoms with Crippen LogP contribution in [0.3, 0.4) is 0 Å². The number of ether oxygens (including phenoxy) is 3. The number of hydrogen-bond donors (Lipinski definition) is 4. The molecule has 0 spiro atoms. The van der Waals surface area contributed by atoms with Crippen molar-refractivity contribution in [2.24, 2.45) is 0 Å². The summed E-state index contributed by atoms with van der Waals surface area (Å²) in [6.07, 6.45) is -1.87. The molecule has 0 amide bonds. The van der Waals surface area contributed by atoms with Crippen molar-refractivity contribution in [3.05, 3.63) is 23.8 Å². The van der Waals surface area contributed by atoms with E-state index in [0.717, 1.165) is 0 Å². The fraction of sp³-hybridized carbons (Fsp3) is 0.733. The molecule has 1 rings (SSSR count). The van der Waals surface area contributed by atoms with Crippen LogP contribution in [-0.2, 0) is 20.6 Å². The van der Waals surface area contributed by atoms with E-state index in [9.17, 15) is 15.3 Å². The highest BCUT2D eigenvalue weighted by atomic mass is 16.5. The zero-order valence-corrected chi connectivity index (χ0v) is 14.1. The predicted molar refractivity (Wildman–Crippen MR) is 83.3 cm³/mol. The molecule has 9 nitrogen and oxygen atoms in total. The van der Waals surface area contributed by atoms with Crippen LogP contribution in [-0.4, -0.2) is 89.4 Å². The number of aliphatic hydroxyl groups is 4. The number of aromatic nitrogens is 2. The van der Waals surface area contributed by atoms with Crippen molar-refractivity contribution in [3.63, 3.8) is 0 Å². The first-order valence-corrected chi connectivity index (χ1v) is 7.48. The second-order valence-electron chi connectivity index (χ2n) is 5.33. The lowest BCUT2D eigenvalue weighted by Crippen LogP contribution is -2.37. The lowest BCUT2D eigenvalue weighted by atomic mass is 10.1. The van der Waals surface area contributed by atoms with E-state index in [4.69, 9.17) is 19.3 Å². The molecule has 0 fully saturated rings. The van der Waals surface area contributed by atoms with Gasteiger partial charge in [-0.3, -0.25) is 9.97 Å². The SMILES string of the molecule is COC[C@H](O)[C@H](OC)C(O)c1cnc(C[C@H](O)[C@@H](CO)OC)cn1. The standard InChI is InChI=1S/C15H26N2O7/c1-22-8-12(20)15(24-3)14(21)10-6-16-9(5-17-10)4-11(19)13(7-18)23-2/h5-6,11-15,18-21H,4,7-8H2,1-3H3/t11-,12-,13+,14?,15-/m0/s1. The Kier molecular flexibility index (Phi) is 9.22. The van der Waals surface area contributed by atoms with Gasteiger partial charge in [0.2, 0.25) is 0 Å². The maximum atomic E-state index is 10.3. The largest absolute Gasteiger partial charge is 0.394 e. The topological polar surface area (TPSA) is 134 Å². The van der Waals surface area contributed by atoms with Crippen LogP contribution in [0.15, 0.2) is 12.4 Å². The van der Waals surface area contributed by atoms with Crippen molar-refractivity contribution >= 4 is 0 Å². The number of rotatable bonds is 11. The van der Waals surface area contributed by atoms with E-state index < -0.39 is 30.5 Å². The van der Waals surface area contributed by atoms with E-state index in [-0.39, 0.29) is 25.3 Å². The molecular formula is C15H26N2O7. The summed E-state index contributed by atoms with van der Waals surface area (Å²) in [4.78, 5) is 8.22. The Morgan fingerprint density at radius 3 is 2.17 bits per heavy atom. The van der Waals surface area contributed by atoms with Crippen LogP contribution >= 0.6 is 0 Å². The van der Waals surface area contributed by atoms with Gasteiger partial charge in [0.1, 0.15) is 24.4 Å². The van der Waals surface area contributed by atoms with Gasteiger partial charge in [-0.15, -0.1) is 0 Å². The predicted octanol–water partition coefficient (Wildman–Crippen LogP) is -1.56. The molecule has 1 aromatic heterocycles. The lowest BCUT2D eigenvalue weighted by molar-refractivity contribution is -0.103. The molecule has 0 aliphatic rings. The van der Waals surface area contributed by atoms with E-state index in [0.29, 0.717) is 5.69 Å². The maximum absolute atomic E-state index is 10.3. The second-order valence-corrected chi connectivity index (χ2v) is 5.33. The third kappa shape index (κ3) is 5.71. The quantitative estimate of drug-likeness (QED) is 0.375. The zero-order chi connectivity index (χ0) is 18.1. The van der Waals surface area contributed by atoms with Gasteiger partial charge in [-0.25, -0.2) is 0 Å². The Hall–Kier alpha value is -1.20. The molecule has 0 saturated heterocycles. The molecule has 0 bridgehead atoms. The molecule has 138 valence electrons. The summed E-state index contributed by atoms with van der Waals surface area (Å²) in [6.45, 7) is -0.304. The number of aliphatic hydroxyl groups excluding tert-OH is 4. The smallest absolute Gasteiger partial charge is 0.126 e. The van der Waals surface area contributed by atoms with Crippen molar-refractivity contribution < 1.29 is 34.6 Å². The summed E-state index contributed by atoms with van der Waals surface area (Å²) in [6, 6.07) is 0. The van der Waals surface area contributed by atoms with Crippen LogP contribution in [0.2, 0.25) is 0 Å². The van der Waals surface area contributed by atoms with Gasteiger partial charge in [-0.1, -0.05) is 0 Å². The first kappa shape index (κ1) is 20.8. The molecule has 1 heterocycles. The van der Waals surface area contributed by atoms with Gasteiger partial charge in [0.05, 0.1) is 36.9 Å². The minimum atomic E-state index is -1.18. The lowest BCUT2D eigenvalue weighted by Gasteiger charge is -2.25. The fourth-order valence-electron chi connectivity index (χ4n) is 2.25. The molecule has 1 aromatic rings. The van der Waals surface area contributed by atoms with E-state index in [1.54, 1.807) is 0 Å². The Bertz CT molecular complexity index is 456. The van der Waals surface area contributed by atoms with E-state index >= 15 is 0 Å². The van der Waals surface area contributed by atoms with Gasteiger partial charge in [-0.05, 0) is 0 Å². The van der Waals surface area contributed by atoms with Crippen LogP contribution in [0.25, 0.3) is 0 Å². The molecule has 5 atom stereocenters. The first-order chi connectivity index (χ1) is 11.5. The van der Waals surface area contributed by atoms with Gasteiger partial charge in [-0.2, -0.15) is 0 Å². The van der Waals surface area contributed by atoms with Crippen molar-refractivity contribution in [2.45, 2.75) is 36.9 Å². The van der Waals surface area contributed by atoms with Crippen molar-refractivity contribution in [1.82, 2.24) is 9.97 Å². The minimum Gasteiger partial charge on any atom is -0.394 e. The highest BCUT2D eigenvalue weighted by molar-refractivity contribution is 5.08. The molecule has 9 heteroatoms. The molecule has 0 aliphatic heterocycles. The van der Waals surface area contributed by atoms with E-state index in [1.807, 2.05) is 0 Å². The van der Waals surface area contributed by atoms with E-state index in [1.165, 1.54) is 33.7 Å². The summed E-state index contributed by atoms with van der Waals surface area (Å²) >= 11 is 0. The van der Waals surface area contributed by atoms with Gasteiger partial charge in [0.15, 0.2) is 0 Å². The molecular weight excluding hydrogens is 320 g/mol. The van der Waals surface area contributed by atoms with Crippen molar-refractivity contribution in [1.29, 1.82) is 0 Å². The average Bonchev–Trinajstić information content (AvgIpc) is 2.57. The summed E-state index contributed by atoms with van der Waals surface area (Å²) < 4.78 is 14.9. The third-order valence-electron chi connectivity index (χ3n) is 3.66. The number of nitrogens with zero attached hydrogens (tertiary/aromatic N) is 2. The maximum Gasteiger partial charge on any atom is 0.126 e. The Morgan fingerprint density at radius 1 is 1.00 bits per heavy atom. The monoisotopic (exact) mass is 346 g/mol. The molecule has 0 radical (unpaired) electrons. The number of hydrogen-bond acceptors (Lipinski definition) is 9. The fourth-order valence-corrected chi connectivity index (χ4v) is 2.25.